The van der Waals surface area contributed by atoms with Gasteiger partial charge in [-0.05, 0) is 75.9 Å². The van der Waals surface area contributed by atoms with Crippen LogP contribution in [0.5, 0.6) is 23.0 Å². The molecule has 0 unspecified atom stereocenters. The van der Waals surface area contributed by atoms with Crippen molar-refractivity contribution >= 4 is 63.7 Å². The Morgan fingerprint density at radius 1 is 0.703 bits per heavy atom. The van der Waals surface area contributed by atoms with Gasteiger partial charge in [0, 0.05) is 42.6 Å². The molecule has 0 radical (unpaired) electrons. The van der Waals surface area contributed by atoms with Gasteiger partial charge in [0.2, 0.25) is 0 Å². The van der Waals surface area contributed by atoms with Crippen LogP contribution in [0.3, 0.4) is 0 Å². The van der Waals surface area contributed by atoms with Crippen molar-refractivity contribution < 1.29 is 29.2 Å². The molecule has 10 heteroatoms. The van der Waals surface area contributed by atoms with Gasteiger partial charge in [0.25, 0.3) is 0 Å². The van der Waals surface area contributed by atoms with Crippen LogP contribution in [0.25, 0.3) is 0 Å². The Morgan fingerprint density at radius 3 is 1.41 bits per heavy atom. The van der Waals surface area contributed by atoms with Crippen LogP contribution in [0.1, 0.15) is 37.8 Å². The topological polar surface area (TPSA) is 77.4 Å². The molecule has 0 amide bonds. The lowest BCUT2D eigenvalue weighted by atomic mass is 9.77. The number of ether oxygens (including phenoxy) is 4. The lowest BCUT2D eigenvalue weighted by Crippen LogP contribution is -2.23. The normalized spacial score (nSPS) is 11.2. The maximum absolute atomic E-state index is 9.33. The minimum absolute atomic E-state index is 0.0155. The number of benzene rings is 2. The molecule has 0 aliphatic heterocycles. The molecule has 2 N–H and O–H groups in total. The molecular weight excluding hydrogens is 740 g/mol. The summed E-state index contributed by atoms with van der Waals surface area (Å²) in [4.78, 5) is 0. The van der Waals surface area contributed by atoms with Crippen LogP contribution in [-0.2, 0) is 5.41 Å². The highest BCUT2D eigenvalue weighted by molar-refractivity contribution is 9.11. The monoisotopic (exact) mass is 768 g/mol. The van der Waals surface area contributed by atoms with E-state index < -0.39 is 5.41 Å². The van der Waals surface area contributed by atoms with E-state index in [0.717, 1.165) is 20.1 Å². The minimum Gasteiger partial charge on any atom is -0.492 e. The third-order valence-electron chi connectivity index (χ3n) is 5.40. The van der Waals surface area contributed by atoms with Crippen LogP contribution in [0.4, 0.5) is 0 Å². The number of halogens is 4. The van der Waals surface area contributed by atoms with Crippen LogP contribution in [0.15, 0.2) is 55.3 Å². The Balaban J connectivity index is 2.77. The molecule has 6 nitrogen and oxygen atoms in total. The summed E-state index contributed by atoms with van der Waals surface area (Å²) in [7, 11) is 0. The Hall–Kier alpha value is -1.04. The van der Waals surface area contributed by atoms with Gasteiger partial charge in [-0.15, -0.1) is 0 Å². The summed E-state index contributed by atoms with van der Waals surface area (Å²) < 4.78 is 27.0. The van der Waals surface area contributed by atoms with E-state index in [2.05, 4.69) is 90.7 Å². The van der Waals surface area contributed by atoms with Gasteiger partial charge in [0.1, 0.15) is 33.7 Å². The summed E-state index contributed by atoms with van der Waals surface area (Å²) in [5, 5.41) is 18.7. The van der Waals surface area contributed by atoms with Crippen molar-refractivity contribution in [3.63, 3.8) is 0 Å². The SMILES string of the molecule is C=CCOc1c(Br)cc(C(C)(C)c2cc(Br)c(OCC=C)c(Br)c2OCCCO)c(OCCCO)c1Br. The first kappa shape index (κ1) is 32.2. The van der Waals surface area contributed by atoms with Gasteiger partial charge in [-0.1, -0.05) is 39.2 Å². The first-order chi connectivity index (χ1) is 17.6. The minimum atomic E-state index is -0.646. The lowest BCUT2D eigenvalue weighted by molar-refractivity contribution is 0.227. The summed E-state index contributed by atoms with van der Waals surface area (Å²) in [6.45, 7) is 12.9. The predicted molar refractivity (Wildman–Crippen MR) is 162 cm³/mol. The van der Waals surface area contributed by atoms with Crippen molar-refractivity contribution in [3.8, 4) is 23.0 Å². The Morgan fingerprint density at radius 2 is 1.08 bits per heavy atom. The maximum Gasteiger partial charge on any atom is 0.151 e. The number of rotatable bonds is 16. The Labute approximate surface area is 252 Å². The average Bonchev–Trinajstić information content (AvgIpc) is 2.86. The Bertz CT molecular complexity index is 1000. The fourth-order valence-electron chi connectivity index (χ4n) is 3.55. The van der Waals surface area contributed by atoms with Crippen molar-refractivity contribution in [2.45, 2.75) is 32.1 Å². The summed E-state index contributed by atoms with van der Waals surface area (Å²) >= 11 is 14.7. The van der Waals surface area contributed by atoms with Crippen LogP contribution in [0, 0.1) is 0 Å². The molecule has 37 heavy (non-hydrogen) atoms. The number of hydrogen-bond acceptors (Lipinski definition) is 6. The molecule has 2 rings (SSSR count). The van der Waals surface area contributed by atoms with E-state index in [9.17, 15) is 10.2 Å². The molecular formula is C27H32Br4O6. The molecule has 0 aromatic heterocycles. The summed E-state index contributed by atoms with van der Waals surface area (Å²) in [5.41, 5.74) is 1.08. The lowest BCUT2D eigenvalue weighted by Gasteiger charge is -2.32. The molecule has 204 valence electrons. The van der Waals surface area contributed by atoms with E-state index in [1.807, 2.05) is 12.1 Å². The third kappa shape index (κ3) is 7.99. The summed E-state index contributed by atoms with van der Waals surface area (Å²) in [6.07, 6.45) is 4.30. The van der Waals surface area contributed by atoms with Gasteiger partial charge >= 0.3 is 0 Å². The summed E-state index contributed by atoms with van der Waals surface area (Å²) in [6, 6.07) is 3.94. The van der Waals surface area contributed by atoms with Crippen molar-refractivity contribution in [1.82, 2.24) is 0 Å². The van der Waals surface area contributed by atoms with Crippen LogP contribution in [-0.4, -0.2) is 49.9 Å². The molecule has 0 aliphatic carbocycles. The van der Waals surface area contributed by atoms with Crippen LogP contribution < -0.4 is 18.9 Å². The van der Waals surface area contributed by atoms with Crippen LogP contribution in [0.2, 0.25) is 0 Å². The second kappa shape index (κ2) is 15.5. The highest BCUT2D eigenvalue weighted by atomic mass is 79.9. The quantitative estimate of drug-likeness (QED) is 0.135. The predicted octanol–water partition coefficient (Wildman–Crippen LogP) is 7.71. The number of hydrogen-bond donors (Lipinski definition) is 2. The van der Waals surface area contributed by atoms with E-state index in [-0.39, 0.29) is 13.2 Å². The average molecular weight is 772 g/mol. The van der Waals surface area contributed by atoms with E-state index in [0.29, 0.717) is 71.2 Å². The van der Waals surface area contributed by atoms with E-state index in [1.165, 1.54) is 0 Å². The van der Waals surface area contributed by atoms with Gasteiger partial charge in [0.15, 0.2) is 11.5 Å². The zero-order valence-corrected chi connectivity index (χ0v) is 27.3. The second-order valence-corrected chi connectivity index (χ2v) is 11.7. The maximum atomic E-state index is 9.33. The van der Waals surface area contributed by atoms with Gasteiger partial charge in [-0.2, -0.15) is 0 Å². The fourth-order valence-corrected chi connectivity index (χ4v) is 6.48. The third-order valence-corrected chi connectivity index (χ3v) is 8.02. The molecule has 0 fully saturated rings. The molecule has 0 saturated heterocycles. The largest absolute Gasteiger partial charge is 0.492 e. The molecule has 0 bridgehead atoms. The van der Waals surface area contributed by atoms with E-state index in [1.54, 1.807) is 12.2 Å². The Kier molecular flexibility index (Phi) is 13.5. The standard InChI is InChI=1S/C27H32Br4O6/c1-5-11-34-25-19(28)15-17(23(21(25)30)36-13-7-9-32)27(3,4)18-16-20(29)26(35-12-6-2)22(31)24(18)37-14-8-10-33/h5-6,15-16,32-33H,1-2,7-14H2,3-4H3. The van der Waals surface area contributed by atoms with E-state index in [4.69, 9.17) is 18.9 Å². The molecule has 0 spiro atoms. The molecule has 2 aromatic carbocycles. The van der Waals surface area contributed by atoms with Crippen LogP contribution >= 0.6 is 63.7 Å². The molecule has 0 aliphatic rings. The van der Waals surface area contributed by atoms with Crippen molar-refractivity contribution in [1.29, 1.82) is 0 Å². The van der Waals surface area contributed by atoms with Crippen molar-refractivity contribution in [2.24, 2.45) is 0 Å². The molecule has 0 saturated carbocycles. The zero-order chi connectivity index (χ0) is 27.6. The highest BCUT2D eigenvalue weighted by Crippen LogP contribution is 2.53. The smallest absolute Gasteiger partial charge is 0.151 e. The van der Waals surface area contributed by atoms with E-state index >= 15 is 0 Å². The highest BCUT2D eigenvalue weighted by Gasteiger charge is 2.35. The summed E-state index contributed by atoms with van der Waals surface area (Å²) in [5.74, 6) is 2.38. The second-order valence-electron chi connectivity index (χ2n) is 8.43. The van der Waals surface area contributed by atoms with Gasteiger partial charge < -0.3 is 29.2 Å². The van der Waals surface area contributed by atoms with Crippen molar-refractivity contribution in [3.05, 3.63) is 66.5 Å². The molecule has 0 heterocycles. The van der Waals surface area contributed by atoms with Gasteiger partial charge in [-0.3, -0.25) is 0 Å². The molecule has 0 atom stereocenters. The number of aliphatic hydroxyl groups is 2. The fraction of sp³-hybridized carbons (Fsp3) is 0.407. The zero-order valence-electron chi connectivity index (χ0n) is 20.9. The molecule has 2 aromatic rings. The number of aliphatic hydroxyl groups excluding tert-OH is 2. The first-order valence-electron chi connectivity index (χ1n) is 11.6. The van der Waals surface area contributed by atoms with Gasteiger partial charge in [0.05, 0.1) is 22.2 Å². The van der Waals surface area contributed by atoms with Gasteiger partial charge in [-0.25, -0.2) is 0 Å². The van der Waals surface area contributed by atoms with Crippen molar-refractivity contribution in [2.75, 3.05) is 39.6 Å². The first-order valence-corrected chi connectivity index (χ1v) is 14.8.